The van der Waals surface area contributed by atoms with Crippen molar-refractivity contribution in [2.24, 2.45) is 0 Å². The monoisotopic (exact) mass is 289 g/mol. The first-order valence-corrected chi connectivity index (χ1v) is 6.75. The lowest BCUT2D eigenvalue weighted by Crippen LogP contribution is -2.16. The van der Waals surface area contributed by atoms with Crippen LogP contribution < -0.4 is 5.32 Å². The number of hydrogen-bond donors (Lipinski definition) is 2. The molecule has 2 aromatic carbocycles. The third-order valence-electron chi connectivity index (χ3n) is 2.94. The summed E-state index contributed by atoms with van der Waals surface area (Å²) in [4.78, 5) is 12.0. The Bertz CT molecular complexity index is 611. The Kier molecular flexibility index (Phi) is 4.77. The predicted molar refractivity (Wildman–Crippen MR) is 80.9 cm³/mol. The molecule has 0 aliphatic heterocycles. The van der Waals surface area contributed by atoms with Crippen LogP contribution in [-0.2, 0) is 11.2 Å². The molecular weight excluding hydrogens is 274 g/mol. The van der Waals surface area contributed by atoms with E-state index in [2.05, 4.69) is 5.32 Å². The van der Waals surface area contributed by atoms with E-state index < -0.39 is 6.10 Å². The van der Waals surface area contributed by atoms with Crippen molar-refractivity contribution in [3.63, 3.8) is 0 Å². The number of aliphatic hydroxyl groups excluding tert-OH is 1. The fourth-order valence-electron chi connectivity index (χ4n) is 2.00. The van der Waals surface area contributed by atoms with E-state index in [0.29, 0.717) is 16.3 Å². The molecule has 104 valence electrons. The SMILES string of the molecule is CC(O)c1ccccc1NC(=O)Cc1cccc(Cl)c1. The zero-order chi connectivity index (χ0) is 14.5. The van der Waals surface area contributed by atoms with Crippen LogP contribution in [0.15, 0.2) is 48.5 Å². The van der Waals surface area contributed by atoms with Crippen LogP contribution >= 0.6 is 11.6 Å². The zero-order valence-electron chi connectivity index (χ0n) is 11.1. The molecule has 0 heterocycles. The third-order valence-corrected chi connectivity index (χ3v) is 3.17. The molecular formula is C16H16ClNO2. The van der Waals surface area contributed by atoms with Gasteiger partial charge in [-0.05, 0) is 30.7 Å². The van der Waals surface area contributed by atoms with Gasteiger partial charge < -0.3 is 10.4 Å². The molecule has 1 amide bonds. The van der Waals surface area contributed by atoms with E-state index in [-0.39, 0.29) is 12.3 Å². The molecule has 0 aromatic heterocycles. The lowest BCUT2D eigenvalue weighted by molar-refractivity contribution is -0.115. The molecule has 0 radical (unpaired) electrons. The van der Waals surface area contributed by atoms with Crippen LogP contribution in [0, 0.1) is 0 Å². The Hall–Kier alpha value is -1.84. The van der Waals surface area contributed by atoms with Gasteiger partial charge in [-0.15, -0.1) is 0 Å². The van der Waals surface area contributed by atoms with Gasteiger partial charge in [0.15, 0.2) is 0 Å². The van der Waals surface area contributed by atoms with Gasteiger partial charge in [-0.2, -0.15) is 0 Å². The molecule has 1 unspecified atom stereocenters. The van der Waals surface area contributed by atoms with E-state index in [1.165, 1.54) is 0 Å². The summed E-state index contributed by atoms with van der Waals surface area (Å²) in [6, 6.07) is 14.4. The summed E-state index contributed by atoms with van der Waals surface area (Å²) in [7, 11) is 0. The van der Waals surface area contributed by atoms with Gasteiger partial charge in [0.1, 0.15) is 0 Å². The second-order valence-corrected chi connectivity index (χ2v) is 5.05. The maximum atomic E-state index is 12.0. The van der Waals surface area contributed by atoms with E-state index in [4.69, 9.17) is 11.6 Å². The highest BCUT2D eigenvalue weighted by atomic mass is 35.5. The van der Waals surface area contributed by atoms with Crippen LogP contribution in [0.1, 0.15) is 24.2 Å². The van der Waals surface area contributed by atoms with Crippen LogP contribution in [0.4, 0.5) is 5.69 Å². The molecule has 0 saturated carbocycles. The van der Waals surface area contributed by atoms with Gasteiger partial charge in [0.2, 0.25) is 5.91 Å². The van der Waals surface area contributed by atoms with Crippen molar-refractivity contribution in [2.75, 3.05) is 5.32 Å². The fraction of sp³-hybridized carbons (Fsp3) is 0.188. The molecule has 20 heavy (non-hydrogen) atoms. The number of nitrogens with one attached hydrogen (secondary N) is 1. The molecule has 2 N–H and O–H groups in total. The predicted octanol–water partition coefficient (Wildman–Crippen LogP) is 3.57. The van der Waals surface area contributed by atoms with E-state index >= 15 is 0 Å². The lowest BCUT2D eigenvalue weighted by Gasteiger charge is -2.13. The van der Waals surface area contributed by atoms with E-state index in [1.807, 2.05) is 24.3 Å². The van der Waals surface area contributed by atoms with Crippen molar-refractivity contribution in [1.82, 2.24) is 0 Å². The summed E-state index contributed by atoms with van der Waals surface area (Å²) in [5.74, 6) is -0.139. The average molecular weight is 290 g/mol. The summed E-state index contributed by atoms with van der Waals surface area (Å²) >= 11 is 5.89. The minimum atomic E-state index is -0.627. The highest BCUT2D eigenvalue weighted by Crippen LogP contribution is 2.22. The smallest absolute Gasteiger partial charge is 0.228 e. The molecule has 0 spiro atoms. The highest BCUT2D eigenvalue weighted by molar-refractivity contribution is 6.30. The van der Waals surface area contributed by atoms with E-state index in [0.717, 1.165) is 5.56 Å². The van der Waals surface area contributed by atoms with Crippen molar-refractivity contribution >= 4 is 23.2 Å². The number of halogens is 1. The van der Waals surface area contributed by atoms with Gasteiger partial charge in [0.05, 0.1) is 12.5 Å². The number of carbonyl (C=O) groups excluding carboxylic acids is 1. The Labute approximate surface area is 123 Å². The quantitative estimate of drug-likeness (QED) is 0.904. The number of anilines is 1. The van der Waals surface area contributed by atoms with Crippen molar-refractivity contribution in [3.8, 4) is 0 Å². The minimum Gasteiger partial charge on any atom is -0.389 e. The number of rotatable bonds is 4. The maximum absolute atomic E-state index is 12.0. The van der Waals surface area contributed by atoms with Gasteiger partial charge in [-0.25, -0.2) is 0 Å². The summed E-state index contributed by atoms with van der Waals surface area (Å²) < 4.78 is 0. The van der Waals surface area contributed by atoms with Crippen molar-refractivity contribution in [2.45, 2.75) is 19.4 Å². The van der Waals surface area contributed by atoms with Crippen LogP contribution in [0.2, 0.25) is 5.02 Å². The largest absolute Gasteiger partial charge is 0.389 e. The van der Waals surface area contributed by atoms with Crippen LogP contribution in [-0.4, -0.2) is 11.0 Å². The first-order valence-electron chi connectivity index (χ1n) is 6.37. The first kappa shape index (κ1) is 14.6. The third kappa shape index (κ3) is 3.83. The van der Waals surface area contributed by atoms with E-state index in [1.54, 1.807) is 31.2 Å². The number of para-hydroxylation sites is 1. The topological polar surface area (TPSA) is 49.3 Å². The standard InChI is InChI=1S/C16H16ClNO2/c1-11(19)14-7-2-3-8-15(14)18-16(20)10-12-5-4-6-13(17)9-12/h2-9,11,19H,10H2,1H3,(H,18,20). The highest BCUT2D eigenvalue weighted by Gasteiger charge is 2.10. The molecule has 0 bridgehead atoms. The average Bonchev–Trinajstić information content (AvgIpc) is 2.38. The Morgan fingerprint density at radius 1 is 1.25 bits per heavy atom. The summed E-state index contributed by atoms with van der Waals surface area (Å²) in [6.45, 7) is 1.67. The Balaban J connectivity index is 2.09. The molecule has 0 fully saturated rings. The summed E-state index contributed by atoms with van der Waals surface area (Å²) in [5, 5.41) is 13.1. The molecule has 4 heteroatoms. The molecule has 0 aliphatic rings. The van der Waals surface area contributed by atoms with Gasteiger partial charge in [-0.1, -0.05) is 41.9 Å². The van der Waals surface area contributed by atoms with Gasteiger partial charge in [0.25, 0.3) is 0 Å². The summed E-state index contributed by atoms with van der Waals surface area (Å²) in [6.07, 6.45) is -0.382. The van der Waals surface area contributed by atoms with Crippen molar-refractivity contribution < 1.29 is 9.90 Å². The number of hydrogen-bond acceptors (Lipinski definition) is 2. The molecule has 2 rings (SSSR count). The fourth-order valence-corrected chi connectivity index (χ4v) is 2.21. The van der Waals surface area contributed by atoms with Crippen LogP contribution in [0.5, 0.6) is 0 Å². The molecule has 0 aliphatic carbocycles. The maximum Gasteiger partial charge on any atom is 0.228 e. The number of aliphatic hydroxyl groups is 1. The van der Waals surface area contributed by atoms with Gasteiger partial charge in [0, 0.05) is 16.3 Å². The molecule has 3 nitrogen and oxygen atoms in total. The number of benzene rings is 2. The van der Waals surface area contributed by atoms with Crippen molar-refractivity contribution in [1.29, 1.82) is 0 Å². The second kappa shape index (κ2) is 6.55. The van der Waals surface area contributed by atoms with Crippen LogP contribution in [0.3, 0.4) is 0 Å². The van der Waals surface area contributed by atoms with Gasteiger partial charge >= 0.3 is 0 Å². The summed E-state index contributed by atoms with van der Waals surface area (Å²) in [5.41, 5.74) is 2.19. The Morgan fingerprint density at radius 2 is 2.00 bits per heavy atom. The van der Waals surface area contributed by atoms with Crippen LogP contribution in [0.25, 0.3) is 0 Å². The number of amides is 1. The first-order chi connectivity index (χ1) is 9.56. The number of carbonyl (C=O) groups is 1. The molecule has 0 saturated heterocycles. The van der Waals surface area contributed by atoms with E-state index in [9.17, 15) is 9.90 Å². The lowest BCUT2D eigenvalue weighted by atomic mass is 10.1. The normalized spacial score (nSPS) is 11.9. The molecule has 1 atom stereocenters. The Morgan fingerprint density at radius 3 is 2.70 bits per heavy atom. The van der Waals surface area contributed by atoms with Crippen molar-refractivity contribution in [3.05, 3.63) is 64.7 Å². The van der Waals surface area contributed by atoms with Gasteiger partial charge in [-0.3, -0.25) is 4.79 Å². The zero-order valence-corrected chi connectivity index (χ0v) is 11.9. The second-order valence-electron chi connectivity index (χ2n) is 4.62. The molecule has 2 aromatic rings. The minimum absolute atomic E-state index is 0.139.